The second-order valence-corrected chi connectivity index (χ2v) is 3.82. The fraction of sp³-hybridized carbons (Fsp3) is 0.357. The number of hydrogen-bond donors (Lipinski definition) is 1. The molecule has 0 saturated carbocycles. The number of rotatable bonds is 6. The molecule has 0 aromatic heterocycles. The predicted octanol–water partition coefficient (Wildman–Crippen LogP) is 2.73. The summed E-state index contributed by atoms with van der Waals surface area (Å²) in [4.78, 5) is 10.8. The molecule has 0 unspecified atom stereocenters. The molecule has 1 atom stereocenters. The van der Waals surface area contributed by atoms with Crippen molar-refractivity contribution in [2.75, 3.05) is 0 Å². The fourth-order valence-corrected chi connectivity index (χ4v) is 1.65. The lowest BCUT2D eigenvalue weighted by molar-refractivity contribution is -0.141. The molecule has 0 amide bonds. The highest BCUT2D eigenvalue weighted by Crippen LogP contribution is 2.13. The standard InChI is InChI=1S/C14H16O2/c1-2-7-13(14(15)16)11-6-10-12-8-4-3-5-9-12/h1,3-5,8-9,13H,6-7,10-11H2,(H,15,16)/t13-/m0/s1. The molecular weight excluding hydrogens is 200 g/mol. The van der Waals surface area contributed by atoms with E-state index in [4.69, 9.17) is 11.5 Å². The molecule has 1 rings (SSSR count). The van der Waals surface area contributed by atoms with Crippen molar-refractivity contribution in [2.45, 2.75) is 25.7 Å². The maximum atomic E-state index is 10.8. The number of carboxylic acids is 1. The van der Waals surface area contributed by atoms with Crippen LogP contribution in [0.3, 0.4) is 0 Å². The van der Waals surface area contributed by atoms with Crippen molar-refractivity contribution < 1.29 is 9.90 Å². The third-order valence-electron chi connectivity index (χ3n) is 2.57. The molecule has 1 N–H and O–H groups in total. The van der Waals surface area contributed by atoms with Gasteiger partial charge in [-0.1, -0.05) is 30.3 Å². The van der Waals surface area contributed by atoms with Gasteiger partial charge in [-0.15, -0.1) is 12.3 Å². The van der Waals surface area contributed by atoms with E-state index in [1.165, 1.54) is 5.56 Å². The van der Waals surface area contributed by atoms with Crippen molar-refractivity contribution in [3.05, 3.63) is 35.9 Å². The van der Waals surface area contributed by atoms with Gasteiger partial charge in [-0.2, -0.15) is 0 Å². The van der Waals surface area contributed by atoms with Gasteiger partial charge >= 0.3 is 5.97 Å². The van der Waals surface area contributed by atoms with E-state index in [1.54, 1.807) is 0 Å². The Balaban J connectivity index is 2.34. The third-order valence-corrected chi connectivity index (χ3v) is 2.57. The van der Waals surface area contributed by atoms with Crippen LogP contribution in [0.2, 0.25) is 0 Å². The normalized spacial score (nSPS) is 11.7. The molecule has 0 radical (unpaired) electrons. The van der Waals surface area contributed by atoms with E-state index in [1.807, 2.05) is 18.2 Å². The molecule has 84 valence electrons. The summed E-state index contributed by atoms with van der Waals surface area (Å²) in [6, 6.07) is 10.1. The summed E-state index contributed by atoms with van der Waals surface area (Å²) in [5, 5.41) is 8.91. The van der Waals surface area contributed by atoms with E-state index >= 15 is 0 Å². The summed E-state index contributed by atoms with van der Waals surface area (Å²) >= 11 is 0. The number of carbonyl (C=O) groups is 1. The predicted molar refractivity (Wildman–Crippen MR) is 64.0 cm³/mol. The Bertz CT molecular complexity index is 362. The van der Waals surface area contributed by atoms with Crippen LogP contribution < -0.4 is 0 Å². The summed E-state index contributed by atoms with van der Waals surface area (Å²) in [5.41, 5.74) is 1.24. The molecule has 0 bridgehead atoms. The Hall–Kier alpha value is -1.75. The first kappa shape index (κ1) is 12.3. The van der Waals surface area contributed by atoms with E-state index in [2.05, 4.69) is 18.1 Å². The van der Waals surface area contributed by atoms with E-state index in [-0.39, 0.29) is 0 Å². The van der Waals surface area contributed by atoms with Gasteiger partial charge in [-0.25, -0.2) is 0 Å². The SMILES string of the molecule is C#CC[C@@H](CCCc1ccccc1)C(=O)O. The minimum Gasteiger partial charge on any atom is -0.481 e. The third kappa shape index (κ3) is 4.18. The largest absolute Gasteiger partial charge is 0.481 e. The lowest BCUT2D eigenvalue weighted by Crippen LogP contribution is -2.13. The van der Waals surface area contributed by atoms with E-state index in [0.717, 1.165) is 12.8 Å². The van der Waals surface area contributed by atoms with Crippen LogP contribution in [0.5, 0.6) is 0 Å². The molecule has 16 heavy (non-hydrogen) atoms. The van der Waals surface area contributed by atoms with Crippen molar-refractivity contribution >= 4 is 5.97 Å². The Labute approximate surface area is 96.3 Å². The van der Waals surface area contributed by atoms with Gasteiger partial charge in [0.25, 0.3) is 0 Å². The van der Waals surface area contributed by atoms with E-state index in [9.17, 15) is 4.79 Å². The Morgan fingerprint density at radius 3 is 2.62 bits per heavy atom. The van der Waals surface area contributed by atoms with Crippen molar-refractivity contribution in [3.63, 3.8) is 0 Å². The van der Waals surface area contributed by atoms with Gasteiger partial charge in [-0.05, 0) is 24.8 Å². The average Bonchev–Trinajstić information content (AvgIpc) is 2.29. The second-order valence-electron chi connectivity index (χ2n) is 3.82. The van der Waals surface area contributed by atoms with Crippen molar-refractivity contribution in [3.8, 4) is 12.3 Å². The topological polar surface area (TPSA) is 37.3 Å². The van der Waals surface area contributed by atoms with Gasteiger partial charge in [-0.3, -0.25) is 4.79 Å². The Morgan fingerprint density at radius 1 is 1.38 bits per heavy atom. The zero-order valence-corrected chi connectivity index (χ0v) is 9.23. The Kier molecular flexibility index (Phi) is 5.15. The lowest BCUT2D eigenvalue weighted by Gasteiger charge is -2.08. The Morgan fingerprint density at radius 2 is 2.06 bits per heavy atom. The summed E-state index contributed by atoms with van der Waals surface area (Å²) < 4.78 is 0. The molecule has 0 saturated heterocycles. The number of benzene rings is 1. The maximum absolute atomic E-state index is 10.8. The monoisotopic (exact) mass is 216 g/mol. The van der Waals surface area contributed by atoms with Crippen LogP contribution in [0.1, 0.15) is 24.8 Å². The number of hydrogen-bond acceptors (Lipinski definition) is 1. The maximum Gasteiger partial charge on any atom is 0.307 e. The van der Waals surface area contributed by atoms with Gasteiger partial charge < -0.3 is 5.11 Å². The molecule has 2 heteroatoms. The van der Waals surface area contributed by atoms with Crippen LogP contribution in [0, 0.1) is 18.3 Å². The zero-order chi connectivity index (χ0) is 11.8. The van der Waals surface area contributed by atoms with Gasteiger partial charge in [0.05, 0.1) is 5.92 Å². The molecule has 0 fully saturated rings. The smallest absolute Gasteiger partial charge is 0.307 e. The molecule has 0 heterocycles. The summed E-state index contributed by atoms with van der Waals surface area (Å²) in [6.07, 6.45) is 7.88. The number of aliphatic carboxylic acids is 1. The molecular formula is C14H16O2. The minimum atomic E-state index is -0.786. The van der Waals surface area contributed by atoms with E-state index < -0.39 is 11.9 Å². The first-order valence-electron chi connectivity index (χ1n) is 5.44. The van der Waals surface area contributed by atoms with Crippen LogP contribution in [-0.4, -0.2) is 11.1 Å². The molecule has 2 nitrogen and oxygen atoms in total. The van der Waals surface area contributed by atoms with Gasteiger partial charge in [0, 0.05) is 6.42 Å². The first-order chi connectivity index (χ1) is 7.74. The lowest BCUT2D eigenvalue weighted by atomic mass is 9.97. The van der Waals surface area contributed by atoms with Crippen LogP contribution in [0.4, 0.5) is 0 Å². The highest BCUT2D eigenvalue weighted by atomic mass is 16.4. The van der Waals surface area contributed by atoms with Crippen molar-refractivity contribution in [2.24, 2.45) is 5.92 Å². The van der Waals surface area contributed by atoms with Crippen molar-refractivity contribution in [1.82, 2.24) is 0 Å². The molecule has 1 aromatic rings. The number of terminal acetylenes is 1. The molecule has 0 aliphatic heterocycles. The minimum absolute atomic E-state index is 0.324. The summed E-state index contributed by atoms with van der Waals surface area (Å²) in [5.74, 6) is 1.24. The molecule has 0 spiro atoms. The molecule has 0 aliphatic carbocycles. The second kappa shape index (κ2) is 6.68. The number of aryl methyl sites for hydroxylation is 1. The van der Waals surface area contributed by atoms with Gasteiger partial charge in [0.15, 0.2) is 0 Å². The summed E-state index contributed by atoms with van der Waals surface area (Å²) in [7, 11) is 0. The van der Waals surface area contributed by atoms with Gasteiger partial charge in [0.2, 0.25) is 0 Å². The van der Waals surface area contributed by atoms with Crippen LogP contribution in [0.15, 0.2) is 30.3 Å². The fourth-order valence-electron chi connectivity index (χ4n) is 1.65. The molecule has 0 aliphatic rings. The summed E-state index contributed by atoms with van der Waals surface area (Å²) in [6.45, 7) is 0. The molecule has 1 aromatic carbocycles. The van der Waals surface area contributed by atoms with E-state index in [0.29, 0.717) is 12.8 Å². The highest BCUT2D eigenvalue weighted by molar-refractivity contribution is 5.70. The van der Waals surface area contributed by atoms with Crippen LogP contribution in [0.25, 0.3) is 0 Å². The van der Waals surface area contributed by atoms with Crippen LogP contribution in [-0.2, 0) is 11.2 Å². The highest BCUT2D eigenvalue weighted by Gasteiger charge is 2.15. The zero-order valence-electron chi connectivity index (χ0n) is 9.23. The van der Waals surface area contributed by atoms with Crippen molar-refractivity contribution in [1.29, 1.82) is 0 Å². The first-order valence-corrected chi connectivity index (χ1v) is 5.44. The number of carboxylic acid groups (broad SMARTS) is 1. The quantitative estimate of drug-likeness (QED) is 0.742. The van der Waals surface area contributed by atoms with Gasteiger partial charge in [0.1, 0.15) is 0 Å². The van der Waals surface area contributed by atoms with Crippen LogP contribution >= 0.6 is 0 Å². The average molecular weight is 216 g/mol.